The summed E-state index contributed by atoms with van der Waals surface area (Å²) in [6.07, 6.45) is 3.37. The van der Waals surface area contributed by atoms with Gasteiger partial charge >= 0.3 is 0 Å². The largest absolute Gasteiger partial charge is 0.497 e. The summed E-state index contributed by atoms with van der Waals surface area (Å²) in [6.45, 7) is 0. The van der Waals surface area contributed by atoms with E-state index in [4.69, 9.17) is 9.47 Å². The summed E-state index contributed by atoms with van der Waals surface area (Å²) in [4.78, 5) is 20.8. The Labute approximate surface area is 148 Å². The van der Waals surface area contributed by atoms with Crippen molar-refractivity contribution in [2.45, 2.75) is 0 Å². The molecule has 0 aliphatic heterocycles. The Bertz CT molecular complexity index is 867. The Hall–Kier alpha value is -3.13. The molecule has 3 aromatic rings. The van der Waals surface area contributed by atoms with Crippen LogP contribution in [0.4, 0.5) is 16.5 Å². The van der Waals surface area contributed by atoms with Gasteiger partial charge in [0.25, 0.3) is 5.91 Å². The molecule has 0 aliphatic rings. The van der Waals surface area contributed by atoms with E-state index in [1.165, 1.54) is 18.4 Å². The molecule has 2 heterocycles. The lowest BCUT2D eigenvalue weighted by Crippen LogP contribution is -2.13. The second kappa shape index (κ2) is 7.63. The molecule has 7 nitrogen and oxygen atoms in total. The second-order valence-corrected chi connectivity index (χ2v) is 5.78. The van der Waals surface area contributed by atoms with Gasteiger partial charge in [-0.25, -0.2) is 4.98 Å². The average molecular weight is 356 g/mol. The Balaban J connectivity index is 1.74. The number of methoxy groups -OCH3 is 2. The van der Waals surface area contributed by atoms with Gasteiger partial charge in [-0.3, -0.25) is 9.78 Å². The van der Waals surface area contributed by atoms with Crippen LogP contribution in [0.3, 0.4) is 0 Å². The van der Waals surface area contributed by atoms with Gasteiger partial charge in [-0.1, -0.05) is 0 Å². The molecule has 8 heteroatoms. The van der Waals surface area contributed by atoms with E-state index >= 15 is 0 Å². The summed E-state index contributed by atoms with van der Waals surface area (Å²) in [5.41, 5.74) is 1.63. The van der Waals surface area contributed by atoms with Crippen molar-refractivity contribution in [2.24, 2.45) is 0 Å². The highest BCUT2D eigenvalue weighted by molar-refractivity contribution is 7.14. The highest BCUT2D eigenvalue weighted by atomic mass is 32.1. The van der Waals surface area contributed by atoms with Gasteiger partial charge in [-0.15, -0.1) is 11.3 Å². The van der Waals surface area contributed by atoms with Gasteiger partial charge < -0.3 is 20.1 Å². The number of hydrogen-bond acceptors (Lipinski definition) is 7. The van der Waals surface area contributed by atoms with E-state index in [1.807, 2.05) is 12.1 Å². The molecular weight excluding hydrogens is 340 g/mol. The van der Waals surface area contributed by atoms with Crippen molar-refractivity contribution in [1.82, 2.24) is 9.97 Å². The van der Waals surface area contributed by atoms with Crippen LogP contribution in [0.2, 0.25) is 0 Å². The number of nitrogens with zero attached hydrogens (tertiary/aromatic N) is 2. The fraction of sp³-hybridized carbons (Fsp3) is 0.118. The topological polar surface area (TPSA) is 85.4 Å². The summed E-state index contributed by atoms with van der Waals surface area (Å²) in [7, 11) is 3.10. The molecular formula is C17H16N4O3S. The molecule has 0 unspecified atom stereocenters. The minimum Gasteiger partial charge on any atom is -0.497 e. The zero-order valence-corrected chi connectivity index (χ0v) is 14.5. The third-order valence-electron chi connectivity index (χ3n) is 3.30. The van der Waals surface area contributed by atoms with Crippen molar-refractivity contribution in [3.63, 3.8) is 0 Å². The van der Waals surface area contributed by atoms with Crippen LogP contribution >= 0.6 is 11.3 Å². The average Bonchev–Trinajstić information content (AvgIpc) is 3.11. The number of nitrogens with one attached hydrogen (secondary N) is 2. The predicted molar refractivity (Wildman–Crippen MR) is 97.1 cm³/mol. The Morgan fingerprint density at radius 1 is 1.20 bits per heavy atom. The third-order valence-corrected chi connectivity index (χ3v) is 4.06. The zero-order chi connectivity index (χ0) is 17.6. The summed E-state index contributed by atoms with van der Waals surface area (Å²) < 4.78 is 10.4. The van der Waals surface area contributed by atoms with Crippen LogP contribution in [0.1, 0.15) is 10.5 Å². The van der Waals surface area contributed by atoms with E-state index in [2.05, 4.69) is 20.6 Å². The minimum atomic E-state index is -0.331. The second-order valence-electron chi connectivity index (χ2n) is 4.92. The van der Waals surface area contributed by atoms with Crippen LogP contribution in [0, 0.1) is 0 Å². The molecule has 0 saturated carbocycles. The first-order valence-corrected chi connectivity index (χ1v) is 8.23. The molecule has 1 amide bonds. The number of anilines is 3. The third kappa shape index (κ3) is 4.04. The number of benzene rings is 1. The van der Waals surface area contributed by atoms with E-state index in [-0.39, 0.29) is 5.91 Å². The van der Waals surface area contributed by atoms with Gasteiger partial charge in [-0.05, 0) is 24.3 Å². The molecule has 0 aliphatic carbocycles. The van der Waals surface area contributed by atoms with E-state index in [0.717, 1.165) is 5.69 Å². The van der Waals surface area contributed by atoms with Crippen LogP contribution in [0.25, 0.3) is 0 Å². The molecule has 0 fully saturated rings. The molecule has 2 N–H and O–H groups in total. The van der Waals surface area contributed by atoms with Crippen LogP contribution in [0.15, 0.2) is 48.1 Å². The number of carbonyl (C=O) groups is 1. The number of hydrogen-bond donors (Lipinski definition) is 2. The number of carbonyl (C=O) groups excluding carboxylic acids is 1. The van der Waals surface area contributed by atoms with Gasteiger partial charge in [-0.2, -0.15) is 0 Å². The number of amides is 1. The number of thiazole rings is 1. The van der Waals surface area contributed by atoms with Crippen LogP contribution in [0.5, 0.6) is 11.5 Å². The molecule has 0 bridgehead atoms. The Morgan fingerprint density at radius 2 is 2.08 bits per heavy atom. The Kier molecular flexibility index (Phi) is 5.10. The maximum Gasteiger partial charge on any atom is 0.275 e. The maximum absolute atomic E-state index is 12.4. The van der Waals surface area contributed by atoms with E-state index in [9.17, 15) is 4.79 Å². The van der Waals surface area contributed by atoms with Gasteiger partial charge in [0.15, 0.2) is 5.13 Å². The number of ether oxygens (including phenoxy) is 2. The number of pyridine rings is 1. The molecule has 0 atom stereocenters. The lowest BCUT2D eigenvalue weighted by molar-refractivity contribution is 0.102. The SMILES string of the molecule is COc1ccc(OC)c(NC(=O)c2csc(Nc3cccnc3)n2)c1. The van der Waals surface area contributed by atoms with Gasteiger partial charge in [0.2, 0.25) is 0 Å². The fourth-order valence-corrected chi connectivity index (χ4v) is 2.80. The summed E-state index contributed by atoms with van der Waals surface area (Å²) >= 11 is 1.33. The molecule has 0 radical (unpaired) electrons. The van der Waals surface area contributed by atoms with Crippen molar-refractivity contribution in [3.05, 3.63) is 53.8 Å². The number of aromatic nitrogens is 2. The summed E-state index contributed by atoms with van der Waals surface area (Å²) in [5.74, 6) is 0.827. The fourth-order valence-electron chi connectivity index (χ4n) is 2.09. The highest BCUT2D eigenvalue weighted by Crippen LogP contribution is 2.29. The molecule has 0 spiro atoms. The molecule has 0 saturated heterocycles. The van der Waals surface area contributed by atoms with Crippen molar-refractivity contribution < 1.29 is 14.3 Å². The lowest BCUT2D eigenvalue weighted by Gasteiger charge is -2.10. The summed E-state index contributed by atoms with van der Waals surface area (Å²) in [5, 5.41) is 8.18. The van der Waals surface area contributed by atoms with Crippen LogP contribution < -0.4 is 20.1 Å². The molecule has 2 aromatic heterocycles. The van der Waals surface area contributed by atoms with E-state index in [1.54, 1.807) is 43.1 Å². The quantitative estimate of drug-likeness (QED) is 0.702. The summed E-state index contributed by atoms with van der Waals surface area (Å²) in [6, 6.07) is 8.86. The molecule has 25 heavy (non-hydrogen) atoms. The highest BCUT2D eigenvalue weighted by Gasteiger charge is 2.14. The van der Waals surface area contributed by atoms with Gasteiger partial charge in [0.05, 0.1) is 31.8 Å². The lowest BCUT2D eigenvalue weighted by atomic mass is 10.2. The van der Waals surface area contributed by atoms with Crippen LogP contribution in [-0.2, 0) is 0 Å². The van der Waals surface area contributed by atoms with Crippen molar-refractivity contribution in [2.75, 3.05) is 24.9 Å². The smallest absolute Gasteiger partial charge is 0.275 e. The van der Waals surface area contributed by atoms with E-state index < -0.39 is 0 Å². The van der Waals surface area contributed by atoms with Crippen molar-refractivity contribution in [1.29, 1.82) is 0 Å². The molecule has 3 rings (SSSR count). The maximum atomic E-state index is 12.4. The predicted octanol–water partition coefficient (Wildman–Crippen LogP) is 3.55. The first-order chi connectivity index (χ1) is 12.2. The number of rotatable bonds is 6. The van der Waals surface area contributed by atoms with Crippen LogP contribution in [-0.4, -0.2) is 30.1 Å². The van der Waals surface area contributed by atoms with E-state index in [0.29, 0.717) is 28.0 Å². The van der Waals surface area contributed by atoms with Gasteiger partial charge in [0.1, 0.15) is 17.2 Å². The molecule has 128 valence electrons. The van der Waals surface area contributed by atoms with Crippen molar-refractivity contribution in [3.8, 4) is 11.5 Å². The Morgan fingerprint density at radius 3 is 2.80 bits per heavy atom. The van der Waals surface area contributed by atoms with Crippen molar-refractivity contribution >= 4 is 33.8 Å². The molecule has 1 aromatic carbocycles. The van der Waals surface area contributed by atoms with Gasteiger partial charge in [0, 0.05) is 17.6 Å². The first kappa shape index (κ1) is 16.7. The first-order valence-electron chi connectivity index (χ1n) is 7.35. The standard InChI is InChI=1S/C17H16N4O3S/c1-23-12-5-6-15(24-2)13(8-12)20-16(22)14-10-25-17(21-14)19-11-4-3-7-18-9-11/h3-10H,1-2H3,(H,19,21)(H,20,22). The minimum absolute atomic E-state index is 0.307. The monoisotopic (exact) mass is 356 g/mol. The normalized spacial score (nSPS) is 10.2. The zero-order valence-electron chi connectivity index (χ0n) is 13.6.